The van der Waals surface area contributed by atoms with Crippen molar-refractivity contribution in [2.75, 3.05) is 32.7 Å². The molecule has 0 atom stereocenters. The van der Waals surface area contributed by atoms with Gasteiger partial charge in [0.1, 0.15) is 15.7 Å². The van der Waals surface area contributed by atoms with Crippen LogP contribution >= 0.6 is 11.3 Å². The number of carbonyl (C=O) groups excluding carboxylic acids is 2. The molecule has 2 amide bonds. The molecule has 1 N–H and O–H groups in total. The Kier molecular flexibility index (Phi) is 6.92. The molecule has 0 saturated carbocycles. The molecule has 1 aromatic heterocycles. The number of rotatable bonds is 6. The summed E-state index contributed by atoms with van der Waals surface area (Å²) in [7, 11) is 0. The molecule has 0 radical (unpaired) electrons. The van der Waals surface area contributed by atoms with Crippen molar-refractivity contribution in [1.29, 1.82) is 0 Å². The largest absolute Gasteiger partial charge is 0.351 e. The van der Waals surface area contributed by atoms with Crippen molar-refractivity contribution in [1.82, 2.24) is 20.1 Å². The van der Waals surface area contributed by atoms with E-state index in [1.165, 1.54) is 23.5 Å². The highest BCUT2D eigenvalue weighted by Crippen LogP contribution is 2.29. The molecule has 0 spiro atoms. The Balaban J connectivity index is 1.29. The number of hydrogen-bond donors (Lipinski definition) is 1. The van der Waals surface area contributed by atoms with Crippen LogP contribution in [0.15, 0.2) is 54.6 Å². The summed E-state index contributed by atoms with van der Waals surface area (Å²) in [6, 6.07) is 15.9. The Bertz CT molecular complexity index is 1080. The van der Waals surface area contributed by atoms with Crippen molar-refractivity contribution in [3.63, 3.8) is 0 Å². The predicted molar refractivity (Wildman–Crippen MR) is 123 cm³/mol. The summed E-state index contributed by atoms with van der Waals surface area (Å²) in [5.41, 5.74) is 2.54. The van der Waals surface area contributed by atoms with Crippen molar-refractivity contribution >= 4 is 23.2 Å². The summed E-state index contributed by atoms with van der Waals surface area (Å²) >= 11 is 1.33. The van der Waals surface area contributed by atoms with E-state index in [4.69, 9.17) is 0 Å². The van der Waals surface area contributed by atoms with Crippen LogP contribution in [0.5, 0.6) is 0 Å². The fraction of sp³-hybridized carbons (Fsp3) is 0.292. The number of benzene rings is 2. The SMILES string of the molecule is Cc1nc(-c2ccc(F)cc2)sc1C(=O)N1CCN(CC(=O)NCc2ccccc2)CC1. The maximum absolute atomic E-state index is 13.2. The molecular weight excluding hydrogens is 427 g/mol. The molecule has 2 aromatic carbocycles. The molecule has 6 nitrogen and oxygen atoms in total. The van der Waals surface area contributed by atoms with Gasteiger partial charge in [-0.1, -0.05) is 30.3 Å². The van der Waals surface area contributed by atoms with Gasteiger partial charge in [0.15, 0.2) is 0 Å². The van der Waals surface area contributed by atoms with Crippen molar-refractivity contribution < 1.29 is 14.0 Å². The molecule has 8 heteroatoms. The Morgan fingerprint density at radius 3 is 2.41 bits per heavy atom. The number of nitrogens with one attached hydrogen (secondary N) is 1. The fourth-order valence-electron chi connectivity index (χ4n) is 3.62. The quantitative estimate of drug-likeness (QED) is 0.623. The molecule has 4 rings (SSSR count). The van der Waals surface area contributed by atoms with Gasteiger partial charge in [-0.05, 0) is 36.8 Å². The highest BCUT2D eigenvalue weighted by Gasteiger charge is 2.26. The number of halogens is 1. The molecule has 0 bridgehead atoms. The van der Waals surface area contributed by atoms with Crippen molar-refractivity contribution in [2.45, 2.75) is 13.5 Å². The minimum atomic E-state index is -0.301. The Hall–Kier alpha value is -3.10. The van der Waals surface area contributed by atoms with Gasteiger partial charge in [0, 0.05) is 38.3 Å². The smallest absolute Gasteiger partial charge is 0.265 e. The third kappa shape index (κ3) is 5.38. The first-order valence-corrected chi connectivity index (χ1v) is 11.4. The van der Waals surface area contributed by atoms with Gasteiger partial charge in [-0.3, -0.25) is 14.5 Å². The molecule has 2 heterocycles. The third-order valence-electron chi connectivity index (χ3n) is 5.44. The summed E-state index contributed by atoms with van der Waals surface area (Å²) < 4.78 is 13.2. The summed E-state index contributed by atoms with van der Waals surface area (Å²) in [5, 5.41) is 3.65. The zero-order valence-corrected chi connectivity index (χ0v) is 18.7. The lowest BCUT2D eigenvalue weighted by Gasteiger charge is -2.34. The van der Waals surface area contributed by atoms with E-state index in [1.807, 2.05) is 42.2 Å². The van der Waals surface area contributed by atoms with Gasteiger partial charge in [0.2, 0.25) is 5.91 Å². The average Bonchev–Trinajstić information content (AvgIpc) is 3.20. The second-order valence-corrected chi connectivity index (χ2v) is 8.77. The topological polar surface area (TPSA) is 65.5 Å². The summed E-state index contributed by atoms with van der Waals surface area (Å²) in [5.74, 6) is -0.359. The van der Waals surface area contributed by atoms with E-state index < -0.39 is 0 Å². The molecule has 1 fully saturated rings. The minimum absolute atomic E-state index is 0.0177. The fourth-order valence-corrected chi connectivity index (χ4v) is 4.66. The van der Waals surface area contributed by atoms with Crippen LogP contribution in [0.25, 0.3) is 10.6 Å². The van der Waals surface area contributed by atoms with Crippen molar-refractivity contribution in [3.8, 4) is 10.6 Å². The van der Waals surface area contributed by atoms with E-state index in [1.54, 1.807) is 12.1 Å². The number of thiazole rings is 1. The summed E-state index contributed by atoms with van der Waals surface area (Å²) in [4.78, 5) is 34.3. The maximum atomic E-state index is 13.2. The molecule has 32 heavy (non-hydrogen) atoms. The van der Waals surface area contributed by atoms with Crippen LogP contribution in [0.2, 0.25) is 0 Å². The van der Waals surface area contributed by atoms with Crippen LogP contribution in [0.3, 0.4) is 0 Å². The second kappa shape index (κ2) is 10.0. The van der Waals surface area contributed by atoms with Gasteiger partial charge in [0.25, 0.3) is 5.91 Å². The third-order valence-corrected chi connectivity index (χ3v) is 6.64. The van der Waals surface area contributed by atoms with Crippen LogP contribution in [0.1, 0.15) is 20.9 Å². The monoisotopic (exact) mass is 452 g/mol. The highest BCUT2D eigenvalue weighted by molar-refractivity contribution is 7.17. The molecule has 0 unspecified atom stereocenters. The van der Waals surface area contributed by atoms with E-state index >= 15 is 0 Å². The van der Waals surface area contributed by atoms with E-state index in [0.717, 1.165) is 11.1 Å². The number of aryl methyl sites for hydroxylation is 1. The van der Waals surface area contributed by atoms with Gasteiger partial charge < -0.3 is 10.2 Å². The van der Waals surface area contributed by atoms with Crippen LogP contribution < -0.4 is 5.32 Å². The molecule has 3 aromatic rings. The van der Waals surface area contributed by atoms with Crippen LogP contribution in [-0.4, -0.2) is 59.3 Å². The number of carbonyl (C=O) groups is 2. The van der Waals surface area contributed by atoms with Gasteiger partial charge >= 0.3 is 0 Å². The lowest BCUT2D eigenvalue weighted by molar-refractivity contribution is -0.122. The zero-order valence-electron chi connectivity index (χ0n) is 17.9. The second-order valence-electron chi connectivity index (χ2n) is 7.77. The van der Waals surface area contributed by atoms with E-state index in [2.05, 4.69) is 15.2 Å². The minimum Gasteiger partial charge on any atom is -0.351 e. The number of hydrogen-bond acceptors (Lipinski definition) is 5. The van der Waals surface area contributed by atoms with E-state index in [-0.39, 0.29) is 17.6 Å². The van der Waals surface area contributed by atoms with Gasteiger partial charge in [-0.2, -0.15) is 0 Å². The van der Waals surface area contributed by atoms with Gasteiger partial charge in [-0.15, -0.1) is 11.3 Å². The average molecular weight is 453 g/mol. The summed E-state index contributed by atoms with van der Waals surface area (Å²) in [6.45, 7) is 5.08. The van der Waals surface area contributed by atoms with E-state index in [9.17, 15) is 14.0 Å². The number of nitrogens with zero attached hydrogens (tertiary/aromatic N) is 3. The first-order valence-electron chi connectivity index (χ1n) is 10.6. The lowest BCUT2D eigenvalue weighted by atomic mass is 10.2. The number of amides is 2. The maximum Gasteiger partial charge on any atom is 0.265 e. The normalized spacial score (nSPS) is 14.4. The summed E-state index contributed by atoms with van der Waals surface area (Å²) in [6.07, 6.45) is 0. The molecule has 1 aliphatic rings. The standard InChI is InChI=1S/C24H25FN4O2S/c1-17-22(32-23(27-17)19-7-9-20(25)10-8-19)24(31)29-13-11-28(12-14-29)16-21(30)26-15-18-5-3-2-4-6-18/h2-10H,11-16H2,1H3,(H,26,30). The van der Waals surface area contributed by atoms with Gasteiger partial charge in [0.05, 0.1) is 12.2 Å². The van der Waals surface area contributed by atoms with Gasteiger partial charge in [-0.25, -0.2) is 9.37 Å². The van der Waals surface area contributed by atoms with Crippen molar-refractivity contribution in [3.05, 3.63) is 76.5 Å². The molecule has 166 valence electrons. The Morgan fingerprint density at radius 2 is 1.72 bits per heavy atom. The number of piperazine rings is 1. The van der Waals surface area contributed by atoms with Crippen LogP contribution in [0.4, 0.5) is 4.39 Å². The molecule has 0 aliphatic carbocycles. The molecular formula is C24H25FN4O2S. The van der Waals surface area contributed by atoms with E-state index in [0.29, 0.717) is 54.8 Å². The van der Waals surface area contributed by atoms with Crippen molar-refractivity contribution in [2.24, 2.45) is 0 Å². The molecule has 1 aliphatic heterocycles. The first kappa shape index (κ1) is 22.1. The first-order chi connectivity index (χ1) is 15.5. The lowest BCUT2D eigenvalue weighted by Crippen LogP contribution is -2.51. The zero-order chi connectivity index (χ0) is 22.5. The van der Waals surface area contributed by atoms with Crippen LogP contribution in [-0.2, 0) is 11.3 Å². The van der Waals surface area contributed by atoms with Crippen LogP contribution in [0, 0.1) is 12.7 Å². The number of aromatic nitrogens is 1. The highest BCUT2D eigenvalue weighted by atomic mass is 32.1. The Labute approximate surface area is 190 Å². The molecule has 1 saturated heterocycles. The Morgan fingerprint density at radius 1 is 1.03 bits per heavy atom. The predicted octanol–water partition coefficient (Wildman–Crippen LogP) is 3.33.